The fraction of sp³-hybridized carbons (Fsp3) is 0.462. The second-order valence-electron chi connectivity index (χ2n) is 4.42. The van der Waals surface area contributed by atoms with Crippen LogP contribution in [0.5, 0.6) is 0 Å². The summed E-state index contributed by atoms with van der Waals surface area (Å²) in [6.45, 7) is 7.41. The van der Waals surface area contributed by atoms with Crippen molar-refractivity contribution in [2.75, 3.05) is 11.9 Å². The zero-order valence-corrected chi connectivity index (χ0v) is 13.0. The first-order valence-corrected chi connectivity index (χ1v) is 8.08. The molecule has 0 fully saturated rings. The topological polar surface area (TPSA) is 50.7 Å². The van der Waals surface area contributed by atoms with Gasteiger partial charge in [0.05, 0.1) is 0 Å². The molecule has 0 aliphatic heterocycles. The van der Waals surface area contributed by atoms with Gasteiger partial charge in [-0.25, -0.2) is 15.0 Å². The van der Waals surface area contributed by atoms with Gasteiger partial charge in [-0.2, -0.15) is 0 Å². The van der Waals surface area contributed by atoms with Gasteiger partial charge in [0.1, 0.15) is 17.2 Å². The molecule has 2 aromatic rings. The van der Waals surface area contributed by atoms with E-state index in [9.17, 15) is 0 Å². The highest BCUT2D eigenvalue weighted by Crippen LogP contribution is 2.36. The fourth-order valence-corrected chi connectivity index (χ4v) is 3.49. The van der Waals surface area contributed by atoms with E-state index in [2.05, 4.69) is 41.0 Å². The van der Waals surface area contributed by atoms with E-state index in [1.165, 1.54) is 5.56 Å². The van der Waals surface area contributed by atoms with E-state index in [0.717, 1.165) is 28.1 Å². The van der Waals surface area contributed by atoms with Crippen LogP contribution in [0, 0.1) is 0 Å². The van der Waals surface area contributed by atoms with Crippen LogP contribution >= 0.6 is 23.1 Å². The summed E-state index contributed by atoms with van der Waals surface area (Å²) >= 11 is 3.25. The molecule has 2 heterocycles. The van der Waals surface area contributed by atoms with Gasteiger partial charge in [-0.3, -0.25) is 0 Å². The molecule has 0 bridgehead atoms. The van der Waals surface area contributed by atoms with E-state index in [1.807, 2.05) is 11.6 Å². The molecular weight excluding hydrogens is 276 g/mol. The van der Waals surface area contributed by atoms with Crippen LogP contribution in [0.4, 0.5) is 5.82 Å². The molecule has 4 nitrogen and oxygen atoms in total. The lowest BCUT2D eigenvalue weighted by molar-refractivity contribution is 0.799. The van der Waals surface area contributed by atoms with E-state index >= 15 is 0 Å². The Morgan fingerprint density at radius 3 is 2.79 bits per heavy atom. The quantitative estimate of drug-likeness (QED) is 0.815. The van der Waals surface area contributed by atoms with Crippen molar-refractivity contribution in [3.05, 3.63) is 23.5 Å². The van der Waals surface area contributed by atoms with Crippen LogP contribution in [0.1, 0.15) is 38.7 Å². The lowest BCUT2D eigenvalue weighted by atomic mass is 10.1. The van der Waals surface area contributed by atoms with Crippen molar-refractivity contribution >= 4 is 28.9 Å². The van der Waals surface area contributed by atoms with E-state index in [1.54, 1.807) is 29.4 Å². The number of anilines is 1. The van der Waals surface area contributed by atoms with Crippen LogP contribution in [-0.4, -0.2) is 21.5 Å². The number of rotatable bonds is 6. The Labute approximate surface area is 122 Å². The monoisotopic (exact) mass is 294 g/mol. The molecule has 0 aliphatic rings. The average Bonchev–Trinajstić information content (AvgIpc) is 2.89. The molecule has 1 N–H and O–H groups in total. The molecule has 0 atom stereocenters. The Kier molecular flexibility index (Phi) is 5.15. The molecule has 0 amide bonds. The maximum absolute atomic E-state index is 4.42. The summed E-state index contributed by atoms with van der Waals surface area (Å²) in [6, 6.07) is 0. The standard InChI is InChI=1S/C13H18N4S2/c1-4-5-14-11-10(9(2)3)12(17-8-16-11)19-13-15-6-7-18-13/h6-9H,4-5H2,1-3H3,(H,14,16,17). The SMILES string of the molecule is CCCNc1ncnc(Sc2nccs2)c1C(C)C. The summed E-state index contributed by atoms with van der Waals surface area (Å²) < 4.78 is 1.02. The molecule has 0 saturated heterocycles. The van der Waals surface area contributed by atoms with Gasteiger partial charge in [-0.1, -0.05) is 20.8 Å². The van der Waals surface area contributed by atoms with Crippen molar-refractivity contribution in [2.45, 2.75) is 42.5 Å². The van der Waals surface area contributed by atoms with Crippen molar-refractivity contribution in [3.63, 3.8) is 0 Å². The normalized spacial score (nSPS) is 10.9. The molecule has 0 unspecified atom stereocenters. The fourth-order valence-electron chi connectivity index (χ4n) is 1.71. The minimum Gasteiger partial charge on any atom is -0.370 e. The van der Waals surface area contributed by atoms with Crippen molar-refractivity contribution < 1.29 is 0 Å². The summed E-state index contributed by atoms with van der Waals surface area (Å²) in [5.74, 6) is 1.33. The first-order chi connectivity index (χ1) is 9.22. The van der Waals surface area contributed by atoms with Crippen LogP contribution < -0.4 is 5.32 Å². The van der Waals surface area contributed by atoms with Crippen molar-refractivity contribution in [1.82, 2.24) is 15.0 Å². The third-order valence-corrected chi connectivity index (χ3v) is 4.46. The van der Waals surface area contributed by atoms with Crippen LogP contribution in [0.2, 0.25) is 0 Å². The van der Waals surface area contributed by atoms with Gasteiger partial charge in [0.15, 0.2) is 4.34 Å². The number of nitrogens with zero attached hydrogens (tertiary/aromatic N) is 3. The molecule has 2 rings (SSSR count). The van der Waals surface area contributed by atoms with Crippen molar-refractivity contribution in [2.24, 2.45) is 0 Å². The van der Waals surface area contributed by atoms with E-state index in [-0.39, 0.29) is 0 Å². The molecule has 0 aliphatic carbocycles. The van der Waals surface area contributed by atoms with Crippen LogP contribution in [-0.2, 0) is 0 Å². The van der Waals surface area contributed by atoms with Gasteiger partial charge >= 0.3 is 0 Å². The predicted octanol–water partition coefficient (Wildman–Crippen LogP) is 4.03. The molecular formula is C13H18N4S2. The molecule has 102 valence electrons. The van der Waals surface area contributed by atoms with Crippen LogP contribution in [0.25, 0.3) is 0 Å². The number of thiazole rings is 1. The van der Waals surface area contributed by atoms with Crippen LogP contribution in [0.3, 0.4) is 0 Å². The Bertz CT molecular complexity index is 511. The van der Waals surface area contributed by atoms with Gasteiger partial charge in [0.2, 0.25) is 0 Å². The molecule has 0 saturated carbocycles. The molecule has 2 aromatic heterocycles. The lowest BCUT2D eigenvalue weighted by Crippen LogP contribution is -2.08. The molecule has 0 spiro atoms. The number of hydrogen-bond acceptors (Lipinski definition) is 6. The molecule has 0 aromatic carbocycles. The van der Waals surface area contributed by atoms with Crippen LogP contribution in [0.15, 0.2) is 27.3 Å². The van der Waals surface area contributed by atoms with Gasteiger partial charge in [-0.05, 0) is 24.1 Å². The van der Waals surface area contributed by atoms with Gasteiger partial charge in [0, 0.05) is 23.7 Å². The molecule has 19 heavy (non-hydrogen) atoms. The highest BCUT2D eigenvalue weighted by molar-refractivity contribution is 8.01. The van der Waals surface area contributed by atoms with Gasteiger partial charge in [0.25, 0.3) is 0 Å². The molecule has 0 radical (unpaired) electrons. The van der Waals surface area contributed by atoms with Gasteiger partial charge < -0.3 is 5.32 Å². The lowest BCUT2D eigenvalue weighted by Gasteiger charge is -2.15. The largest absolute Gasteiger partial charge is 0.370 e. The first-order valence-electron chi connectivity index (χ1n) is 6.38. The van der Waals surface area contributed by atoms with Crippen molar-refractivity contribution in [1.29, 1.82) is 0 Å². The predicted molar refractivity (Wildman–Crippen MR) is 81.1 cm³/mol. The van der Waals surface area contributed by atoms with E-state index in [0.29, 0.717) is 5.92 Å². The second kappa shape index (κ2) is 6.86. The number of hydrogen-bond donors (Lipinski definition) is 1. The summed E-state index contributed by atoms with van der Waals surface area (Å²) in [5, 5.41) is 6.36. The smallest absolute Gasteiger partial charge is 0.156 e. The Balaban J connectivity index is 2.31. The highest BCUT2D eigenvalue weighted by Gasteiger charge is 2.16. The minimum absolute atomic E-state index is 0.378. The van der Waals surface area contributed by atoms with Crippen molar-refractivity contribution in [3.8, 4) is 0 Å². The highest BCUT2D eigenvalue weighted by atomic mass is 32.2. The summed E-state index contributed by atoms with van der Waals surface area (Å²) in [4.78, 5) is 13.1. The summed E-state index contributed by atoms with van der Waals surface area (Å²) in [5.41, 5.74) is 1.18. The Morgan fingerprint density at radius 2 is 2.16 bits per heavy atom. The van der Waals surface area contributed by atoms with E-state index in [4.69, 9.17) is 0 Å². The number of aromatic nitrogens is 3. The van der Waals surface area contributed by atoms with E-state index < -0.39 is 0 Å². The minimum atomic E-state index is 0.378. The first kappa shape index (κ1) is 14.3. The maximum atomic E-state index is 4.42. The maximum Gasteiger partial charge on any atom is 0.156 e. The Morgan fingerprint density at radius 1 is 1.32 bits per heavy atom. The summed E-state index contributed by atoms with van der Waals surface area (Å²) in [7, 11) is 0. The molecule has 6 heteroatoms. The number of nitrogens with one attached hydrogen (secondary N) is 1. The second-order valence-corrected chi connectivity index (χ2v) is 6.55. The zero-order chi connectivity index (χ0) is 13.7. The Hall–Kier alpha value is -1.14. The third-order valence-electron chi connectivity index (χ3n) is 2.56. The third kappa shape index (κ3) is 3.67. The summed E-state index contributed by atoms with van der Waals surface area (Å²) in [6.07, 6.45) is 4.52. The van der Waals surface area contributed by atoms with Gasteiger partial charge in [-0.15, -0.1) is 11.3 Å². The average molecular weight is 294 g/mol. The zero-order valence-electron chi connectivity index (χ0n) is 11.4.